The number of cyclic esters (lactones) is 2. The lowest BCUT2D eigenvalue weighted by molar-refractivity contribution is 0.0259. The highest BCUT2D eigenvalue weighted by Crippen LogP contribution is 2.10. The van der Waals surface area contributed by atoms with Crippen molar-refractivity contribution in [3.8, 4) is 0 Å². The Bertz CT molecular complexity index is 236. The van der Waals surface area contributed by atoms with Crippen LogP contribution in [-0.2, 0) is 18.9 Å². The molecule has 0 aliphatic carbocycles. The molecule has 0 N–H and O–H groups in total. The van der Waals surface area contributed by atoms with E-state index in [-0.39, 0.29) is 11.8 Å². The zero-order valence-corrected chi connectivity index (χ0v) is 11.7. The van der Waals surface area contributed by atoms with Gasteiger partial charge >= 0.3 is 6.16 Å². The maximum Gasteiger partial charge on any atom is 0.508 e. The highest BCUT2D eigenvalue weighted by atomic mass is 28.3. The minimum absolute atomic E-state index is 0.228. The average molecular weight is 261 g/mol. The summed E-state index contributed by atoms with van der Waals surface area (Å²) in [6.07, 6.45) is 0.904. The third-order valence-electron chi connectivity index (χ3n) is 2.59. The second kappa shape index (κ2) is 7.68. The lowest BCUT2D eigenvalue weighted by Gasteiger charge is -2.22. The summed E-state index contributed by atoms with van der Waals surface area (Å²) >= 11 is 0. The summed E-state index contributed by atoms with van der Waals surface area (Å²) in [5.41, 5.74) is 0.228. The van der Waals surface area contributed by atoms with Crippen molar-refractivity contribution in [3.63, 3.8) is 0 Å². The molecule has 0 aromatic carbocycles. The Balaban J connectivity index is 2.23. The number of carbonyl (C=O) groups is 1. The van der Waals surface area contributed by atoms with E-state index in [2.05, 4.69) is 13.5 Å². The fraction of sp³-hybridized carbons (Fsp3) is 0.909. The van der Waals surface area contributed by atoms with Crippen molar-refractivity contribution in [2.75, 3.05) is 26.1 Å². The predicted octanol–water partition coefficient (Wildman–Crippen LogP) is 1.56. The molecular weight excluding hydrogens is 240 g/mol. The minimum Gasteiger partial charge on any atom is -0.430 e. The Morgan fingerprint density at radius 3 is 2.82 bits per heavy atom. The molecule has 1 aliphatic rings. The average Bonchev–Trinajstić information content (AvgIpc) is 2.73. The van der Waals surface area contributed by atoms with Gasteiger partial charge in [-0.3, -0.25) is 0 Å². The molecule has 1 saturated heterocycles. The fourth-order valence-corrected chi connectivity index (χ4v) is 3.42. The molecule has 6 heteroatoms. The summed E-state index contributed by atoms with van der Waals surface area (Å²) in [4.78, 5) is 10.7. The van der Waals surface area contributed by atoms with Gasteiger partial charge in [0.1, 0.15) is 15.4 Å². The van der Waals surface area contributed by atoms with E-state index in [1.807, 2.05) is 6.92 Å². The van der Waals surface area contributed by atoms with Gasteiger partial charge in [0.05, 0.1) is 6.61 Å². The van der Waals surface area contributed by atoms with Gasteiger partial charge in [0.15, 0.2) is 6.10 Å². The Hall–Kier alpha value is -0.593. The summed E-state index contributed by atoms with van der Waals surface area (Å²) in [5.74, 6) is 0. The van der Waals surface area contributed by atoms with Gasteiger partial charge in [-0.2, -0.15) is 0 Å². The van der Waals surface area contributed by atoms with Crippen LogP contribution in [-0.4, -0.2) is 52.8 Å². The van der Waals surface area contributed by atoms with Crippen molar-refractivity contribution < 1.29 is 23.7 Å². The number of carbonyl (C=O) groups excluding carboxylic acids is 1. The smallest absolute Gasteiger partial charge is 0.430 e. The number of hydrogen-bond donors (Lipinski definition) is 0. The molecule has 1 rings (SSSR count). The third kappa shape index (κ3) is 5.05. The van der Waals surface area contributed by atoms with Gasteiger partial charge in [-0.1, -0.05) is 13.5 Å². The molecule has 0 amide bonds. The fourth-order valence-electron chi connectivity index (χ4n) is 1.64. The standard InChI is InChI=1S/C11H21O5Si/c1-4-10(17(3)8-13-5-2)14-6-9-7-15-11(12)16-9/h9-10H,4-8H2,1-3H3. The Kier molecular flexibility index (Phi) is 6.54. The van der Waals surface area contributed by atoms with Crippen LogP contribution in [0.4, 0.5) is 4.79 Å². The van der Waals surface area contributed by atoms with Crippen LogP contribution in [0.1, 0.15) is 20.3 Å². The molecule has 1 heterocycles. The van der Waals surface area contributed by atoms with Crippen molar-refractivity contribution in [1.82, 2.24) is 0 Å². The zero-order valence-electron chi connectivity index (χ0n) is 10.7. The van der Waals surface area contributed by atoms with Gasteiger partial charge in [-0.15, -0.1) is 0 Å². The quantitative estimate of drug-likeness (QED) is 0.490. The predicted molar refractivity (Wildman–Crippen MR) is 64.4 cm³/mol. The van der Waals surface area contributed by atoms with Crippen LogP contribution in [0, 0.1) is 0 Å². The van der Waals surface area contributed by atoms with E-state index in [1.54, 1.807) is 0 Å². The highest BCUT2D eigenvalue weighted by Gasteiger charge is 2.27. The summed E-state index contributed by atoms with van der Waals surface area (Å²) in [7, 11) is -0.672. The third-order valence-corrected chi connectivity index (χ3v) is 4.92. The van der Waals surface area contributed by atoms with Crippen molar-refractivity contribution >= 4 is 15.0 Å². The van der Waals surface area contributed by atoms with Crippen LogP contribution in [0.2, 0.25) is 6.55 Å². The Labute approximate surface area is 104 Å². The normalized spacial score (nSPS) is 21.4. The van der Waals surface area contributed by atoms with Gasteiger partial charge in [0.2, 0.25) is 0 Å². The summed E-state index contributed by atoms with van der Waals surface area (Å²) < 4.78 is 20.8. The number of rotatable bonds is 8. The molecule has 0 bridgehead atoms. The molecule has 0 saturated carbocycles. The van der Waals surface area contributed by atoms with E-state index < -0.39 is 15.0 Å². The van der Waals surface area contributed by atoms with Crippen molar-refractivity contribution in [2.45, 2.75) is 38.6 Å². The summed E-state index contributed by atoms with van der Waals surface area (Å²) in [5, 5.41) is 0. The molecule has 0 aromatic heterocycles. The highest BCUT2D eigenvalue weighted by molar-refractivity contribution is 6.58. The van der Waals surface area contributed by atoms with E-state index in [0.29, 0.717) is 13.2 Å². The molecule has 1 radical (unpaired) electrons. The summed E-state index contributed by atoms with van der Waals surface area (Å²) in [6, 6.07) is 0. The molecule has 0 spiro atoms. The first-order chi connectivity index (χ1) is 8.17. The van der Waals surface area contributed by atoms with Crippen LogP contribution in [0.3, 0.4) is 0 Å². The largest absolute Gasteiger partial charge is 0.508 e. The monoisotopic (exact) mass is 261 g/mol. The maximum absolute atomic E-state index is 10.7. The molecule has 0 aromatic rings. The van der Waals surface area contributed by atoms with Crippen LogP contribution >= 0.6 is 0 Å². The number of ether oxygens (including phenoxy) is 4. The van der Waals surface area contributed by atoms with E-state index in [1.165, 1.54) is 0 Å². The Morgan fingerprint density at radius 1 is 1.53 bits per heavy atom. The minimum atomic E-state index is -0.672. The van der Waals surface area contributed by atoms with Crippen molar-refractivity contribution in [3.05, 3.63) is 0 Å². The first kappa shape index (κ1) is 14.5. The molecule has 2 atom stereocenters. The van der Waals surface area contributed by atoms with E-state index in [4.69, 9.17) is 18.9 Å². The SMILES string of the molecule is CCOC[Si](C)C(CC)OCC1COC(=O)O1. The van der Waals surface area contributed by atoms with Gasteiger partial charge in [-0.05, 0) is 13.3 Å². The number of hydrogen-bond acceptors (Lipinski definition) is 5. The lowest BCUT2D eigenvalue weighted by atomic mass is 10.4. The summed E-state index contributed by atoms with van der Waals surface area (Å²) in [6.45, 7) is 7.75. The molecule has 2 unspecified atom stereocenters. The van der Waals surface area contributed by atoms with Crippen LogP contribution in [0.15, 0.2) is 0 Å². The molecular formula is C11H21O5Si. The van der Waals surface area contributed by atoms with Crippen molar-refractivity contribution in [2.24, 2.45) is 0 Å². The first-order valence-corrected chi connectivity index (χ1v) is 8.30. The van der Waals surface area contributed by atoms with Crippen LogP contribution < -0.4 is 0 Å². The van der Waals surface area contributed by atoms with E-state index >= 15 is 0 Å². The van der Waals surface area contributed by atoms with Crippen LogP contribution in [0.25, 0.3) is 0 Å². The lowest BCUT2D eigenvalue weighted by Crippen LogP contribution is -2.37. The molecule has 1 aliphatic heterocycles. The molecule has 5 nitrogen and oxygen atoms in total. The van der Waals surface area contributed by atoms with Crippen LogP contribution in [0.5, 0.6) is 0 Å². The van der Waals surface area contributed by atoms with Gasteiger partial charge in [0.25, 0.3) is 0 Å². The molecule has 99 valence electrons. The van der Waals surface area contributed by atoms with Gasteiger partial charge in [0, 0.05) is 18.6 Å². The Morgan fingerprint density at radius 2 is 2.29 bits per heavy atom. The zero-order chi connectivity index (χ0) is 12.7. The first-order valence-electron chi connectivity index (χ1n) is 6.02. The molecule has 1 fully saturated rings. The van der Waals surface area contributed by atoms with Crippen molar-refractivity contribution in [1.29, 1.82) is 0 Å². The topological polar surface area (TPSA) is 54.0 Å². The van der Waals surface area contributed by atoms with E-state index in [0.717, 1.165) is 19.3 Å². The molecule has 17 heavy (non-hydrogen) atoms. The maximum atomic E-state index is 10.7. The second-order valence-corrected chi connectivity index (χ2v) is 6.64. The van der Waals surface area contributed by atoms with Gasteiger partial charge in [-0.25, -0.2) is 4.79 Å². The van der Waals surface area contributed by atoms with E-state index in [9.17, 15) is 4.79 Å². The van der Waals surface area contributed by atoms with Gasteiger partial charge < -0.3 is 18.9 Å². The second-order valence-electron chi connectivity index (χ2n) is 4.01.